The van der Waals surface area contributed by atoms with Crippen LogP contribution in [0.1, 0.15) is 110 Å². The highest BCUT2D eigenvalue weighted by Crippen LogP contribution is 2.46. The average molecular weight is 1290 g/mol. The van der Waals surface area contributed by atoms with E-state index in [2.05, 4.69) is 24.5 Å². The van der Waals surface area contributed by atoms with Gasteiger partial charge in [-0.15, -0.1) is 23.5 Å². The van der Waals surface area contributed by atoms with Gasteiger partial charge in [-0.25, -0.2) is 16.8 Å². The summed E-state index contributed by atoms with van der Waals surface area (Å²) in [5.41, 5.74) is 1.36. The third-order valence-electron chi connectivity index (χ3n) is 18.5. The van der Waals surface area contributed by atoms with E-state index >= 15 is 0 Å². The molecule has 2 aromatic heterocycles. The largest absolute Gasteiger partial charge is 0.417 e. The Balaban J connectivity index is 1.15. The highest BCUT2D eigenvalue weighted by atomic mass is 32.2. The fourth-order valence-electron chi connectivity index (χ4n) is 13.7. The van der Waals surface area contributed by atoms with Crippen molar-refractivity contribution < 1.29 is 53.4 Å². The van der Waals surface area contributed by atoms with Gasteiger partial charge in [0.1, 0.15) is 12.1 Å². The number of alkyl halides is 6. The summed E-state index contributed by atoms with van der Waals surface area (Å²) < 4.78 is 150. The number of thioether (sulfide) groups is 2. The van der Waals surface area contributed by atoms with E-state index in [1.54, 1.807) is 9.36 Å². The highest BCUT2D eigenvalue weighted by molar-refractivity contribution is 7.99. The molecule has 0 aliphatic carbocycles. The van der Waals surface area contributed by atoms with Crippen LogP contribution in [0, 0.1) is 0 Å². The number of halogens is 6. The van der Waals surface area contributed by atoms with Gasteiger partial charge in [-0.2, -0.15) is 45.2 Å². The molecule has 17 nitrogen and oxygen atoms in total. The molecule has 6 aliphatic rings. The van der Waals surface area contributed by atoms with E-state index in [1.165, 1.54) is 32.9 Å². The summed E-state index contributed by atoms with van der Waals surface area (Å²) in [6.07, 6.45) is -0.0265. The smallest absolute Gasteiger partial charge is 0.389 e. The number of aromatic nitrogens is 4. The van der Waals surface area contributed by atoms with E-state index in [4.69, 9.17) is 10.2 Å². The van der Waals surface area contributed by atoms with E-state index in [1.807, 2.05) is 14.1 Å². The zero-order valence-corrected chi connectivity index (χ0v) is 53.2. The van der Waals surface area contributed by atoms with Crippen LogP contribution in [0.2, 0.25) is 0 Å². The van der Waals surface area contributed by atoms with Crippen LogP contribution in [-0.2, 0) is 58.3 Å². The van der Waals surface area contributed by atoms with E-state index in [0.717, 1.165) is 139 Å². The number of piperidine rings is 3. The molecule has 10 rings (SSSR count). The number of nitrogens with zero attached hydrogens (tertiary/aromatic N) is 11. The molecule has 8 heterocycles. The van der Waals surface area contributed by atoms with Gasteiger partial charge in [0.2, 0.25) is 20.0 Å². The lowest BCUT2D eigenvalue weighted by atomic mass is 9.93. The summed E-state index contributed by atoms with van der Waals surface area (Å²) in [7, 11) is -3.60. The van der Waals surface area contributed by atoms with Crippen molar-refractivity contribution in [3.63, 3.8) is 0 Å². The van der Waals surface area contributed by atoms with Crippen molar-refractivity contribution in [1.82, 2.24) is 52.7 Å². The lowest BCUT2D eigenvalue weighted by Crippen LogP contribution is -2.50. The molecule has 0 radical (unpaired) electrons. The minimum absolute atomic E-state index is 0.00583. The number of aliphatic hydroxyl groups excluding tert-OH is 2. The summed E-state index contributed by atoms with van der Waals surface area (Å²) in [5, 5.41) is 37.5. The first kappa shape index (κ1) is 65.6. The van der Waals surface area contributed by atoms with Crippen LogP contribution in [0.15, 0.2) is 46.2 Å². The molecule has 478 valence electrons. The first-order chi connectivity index (χ1) is 40.8. The number of fused-ring (bicyclic) bond motifs is 2. The Morgan fingerprint density at radius 3 is 1.30 bits per heavy atom. The van der Waals surface area contributed by atoms with Gasteiger partial charge in [-0.05, 0) is 142 Å². The van der Waals surface area contributed by atoms with Crippen LogP contribution in [0.4, 0.5) is 26.3 Å². The topological polar surface area (TPSA) is 167 Å². The number of β-amino-alcohol motifs (C(OH)–C–C–N with tert-alkyl or cyclic N) is 2. The van der Waals surface area contributed by atoms with Crippen molar-refractivity contribution in [2.75, 3.05) is 130 Å². The molecule has 2 aromatic carbocycles. The molecule has 4 atom stereocenters. The van der Waals surface area contributed by atoms with E-state index < -0.39 is 67.8 Å². The molecule has 0 bridgehead atoms. The predicted molar refractivity (Wildman–Crippen MR) is 324 cm³/mol. The molecule has 86 heavy (non-hydrogen) atoms. The first-order valence-electron chi connectivity index (χ1n) is 30.5. The summed E-state index contributed by atoms with van der Waals surface area (Å²) in [6.45, 7) is 7.12. The van der Waals surface area contributed by atoms with Crippen LogP contribution in [-0.4, -0.2) is 228 Å². The van der Waals surface area contributed by atoms with Crippen LogP contribution < -0.4 is 0 Å². The molecule has 0 amide bonds. The number of hydrogen-bond acceptors (Lipinski definition) is 15. The SMILES string of the molecule is CN(C)C1CCN(CC(O)C(C(C(O)CN2CCCC2)n2nc(-c3ccc(C(F)(F)F)c(SCCN4CCCCC4)c3)c3c2CCN(S(C)(=O)=O)C3)n2nc(-c3ccc(C(F)(F)F)c(SCCN4CCCCC4)c3)c3c2CCN(S(C)(=O)=O)C3)CC1. The summed E-state index contributed by atoms with van der Waals surface area (Å²) in [5.74, 6) is 0.780. The molecular formula is C59H85F6N11O6S4. The lowest BCUT2D eigenvalue weighted by Gasteiger charge is -2.41. The normalized spacial score (nSPS) is 21.5. The number of likely N-dealkylation sites (tertiary alicyclic amines) is 4. The van der Waals surface area contributed by atoms with Crippen LogP contribution in [0.25, 0.3) is 22.5 Å². The van der Waals surface area contributed by atoms with Gasteiger partial charge in [0.15, 0.2) is 0 Å². The van der Waals surface area contributed by atoms with Gasteiger partial charge in [0, 0.05) is 126 Å². The van der Waals surface area contributed by atoms with Gasteiger partial charge in [0.25, 0.3) is 0 Å². The minimum Gasteiger partial charge on any atom is -0.389 e. The Morgan fingerprint density at radius 2 is 0.930 bits per heavy atom. The van der Waals surface area contributed by atoms with Crippen molar-refractivity contribution in [3.05, 3.63) is 70.0 Å². The fraction of sp³-hybridized carbons (Fsp3) is 0.695. The molecule has 4 fully saturated rings. The van der Waals surface area contributed by atoms with Gasteiger partial charge >= 0.3 is 12.4 Å². The molecule has 0 spiro atoms. The second-order valence-electron chi connectivity index (χ2n) is 24.7. The third-order valence-corrected chi connectivity index (χ3v) is 23.0. The maximum atomic E-state index is 15.0. The number of benzene rings is 2. The zero-order valence-electron chi connectivity index (χ0n) is 49.9. The maximum absolute atomic E-state index is 15.0. The quantitative estimate of drug-likeness (QED) is 0.0576. The number of aliphatic hydroxyl groups is 2. The lowest BCUT2D eigenvalue weighted by molar-refractivity contribution is -0.140. The third kappa shape index (κ3) is 15.5. The molecule has 4 aromatic rings. The zero-order chi connectivity index (χ0) is 61.3. The van der Waals surface area contributed by atoms with Crippen LogP contribution in [0.5, 0.6) is 0 Å². The fourth-order valence-corrected chi connectivity index (χ4v) is 17.6. The molecule has 27 heteroatoms. The summed E-state index contributed by atoms with van der Waals surface area (Å²) in [6, 6.07) is 5.61. The van der Waals surface area contributed by atoms with Crippen LogP contribution in [0.3, 0.4) is 0 Å². The molecule has 4 saturated heterocycles. The predicted octanol–water partition coefficient (Wildman–Crippen LogP) is 7.87. The molecule has 2 N–H and O–H groups in total. The van der Waals surface area contributed by atoms with Crippen molar-refractivity contribution in [2.24, 2.45) is 0 Å². The van der Waals surface area contributed by atoms with E-state index in [0.29, 0.717) is 90.5 Å². The molecule has 4 unspecified atom stereocenters. The standard InChI is InChI=1S/C59H85F6N11O6S4/c1-68(2)43-17-27-72(28-18-43)40-51(78)57(76-49-20-30-74(86(4,81)82)38-45(49)55(67-76)42-14-16-47(59(63,64)65)53(36-42)84-34-32-70-23-9-6-10-24-70)56(50(77)39-71-25-11-12-26-71)75-48-19-29-73(85(3,79)80)37-44(48)54(66-75)41-13-15-46(58(60,61)62)52(35-41)83-33-31-69-21-7-5-8-22-69/h13-16,35-36,43,50-51,56-57,77-78H,5-12,17-34,37-40H2,1-4H3. The second kappa shape index (κ2) is 27.6. The molecule has 6 aliphatic heterocycles. The van der Waals surface area contributed by atoms with Crippen molar-refractivity contribution in [2.45, 2.75) is 143 Å². The monoisotopic (exact) mass is 1290 g/mol. The van der Waals surface area contributed by atoms with Gasteiger partial charge in [0.05, 0.1) is 47.2 Å². The number of rotatable bonds is 22. The Hall–Kier alpha value is -3.32. The average Bonchev–Trinajstić information content (AvgIpc) is 1.60. The van der Waals surface area contributed by atoms with E-state index in [9.17, 15) is 53.4 Å². The van der Waals surface area contributed by atoms with Gasteiger partial charge in [-0.1, -0.05) is 25.0 Å². The van der Waals surface area contributed by atoms with Gasteiger partial charge in [-0.3, -0.25) is 9.36 Å². The summed E-state index contributed by atoms with van der Waals surface area (Å²) in [4.78, 5) is 11.0. The Labute approximate surface area is 511 Å². The second-order valence-corrected chi connectivity index (χ2v) is 30.9. The highest BCUT2D eigenvalue weighted by Gasteiger charge is 2.46. The molecule has 0 saturated carbocycles. The summed E-state index contributed by atoms with van der Waals surface area (Å²) >= 11 is 2.21. The first-order valence-corrected chi connectivity index (χ1v) is 36.2. The van der Waals surface area contributed by atoms with Crippen LogP contribution >= 0.6 is 23.5 Å². The van der Waals surface area contributed by atoms with Crippen molar-refractivity contribution in [3.8, 4) is 22.5 Å². The Bertz CT molecular complexity index is 3190. The van der Waals surface area contributed by atoms with E-state index in [-0.39, 0.29) is 73.3 Å². The Morgan fingerprint density at radius 1 is 0.558 bits per heavy atom. The van der Waals surface area contributed by atoms with Crippen molar-refractivity contribution in [1.29, 1.82) is 0 Å². The minimum atomic E-state index is -4.69. The number of sulfonamides is 2. The molecular weight excluding hydrogens is 1200 g/mol. The van der Waals surface area contributed by atoms with Crippen molar-refractivity contribution >= 4 is 43.6 Å². The Kier molecular flexibility index (Phi) is 21.1. The maximum Gasteiger partial charge on any atom is 0.417 e. The van der Waals surface area contributed by atoms with Gasteiger partial charge < -0.3 is 34.7 Å². The number of hydrogen-bond donors (Lipinski definition) is 2.